The molecule has 3 nitrogen and oxygen atoms in total. The van der Waals surface area contributed by atoms with Gasteiger partial charge in [0.2, 0.25) is 0 Å². The van der Waals surface area contributed by atoms with Crippen molar-refractivity contribution in [2.75, 3.05) is 6.61 Å². The van der Waals surface area contributed by atoms with Crippen molar-refractivity contribution in [1.29, 1.82) is 0 Å². The van der Waals surface area contributed by atoms with E-state index in [4.69, 9.17) is 5.11 Å². The van der Waals surface area contributed by atoms with E-state index in [1.807, 2.05) is 0 Å². The molecule has 0 heterocycles. The Morgan fingerprint density at radius 3 is 2.20 bits per heavy atom. The van der Waals surface area contributed by atoms with Gasteiger partial charge in [-0.1, -0.05) is 12.8 Å². The molecule has 0 radical (unpaired) electrons. The van der Waals surface area contributed by atoms with E-state index in [-0.39, 0.29) is 13.0 Å². The molecule has 0 rings (SSSR count). The molecule has 0 aromatic heterocycles. The van der Waals surface area contributed by atoms with Crippen molar-refractivity contribution in [3.05, 3.63) is 0 Å². The number of aliphatic hydroxyl groups is 1. The normalized spacial score (nSPS) is 17.2. The largest absolute Gasteiger partial charge is 0.598 e. The summed E-state index contributed by atoms with van der Waals surface area (Å²) in [7, 11) is 0. The molecule has 0 aliphatic carbocycles. The van der Waals surface area contributed by atoms with Crippen molar-refractivity contribution in [2.45, 2.75) is 76.3 Å². The van der Waals surface area contributed by atoms with Crippen LogP contribution in [0.2, 0.25) is 0 Å². The summed E-state index contributed by atoms with van der Waals surface area (Å²) in [5, 5.41) is 8.68. The molecule has 0 aromatic rings. The fourth-order valence-corrected chi connectivity index (χ4v) is 2.48. The Bertz CT molecular complexity index is 252. The van der Waals surface area contributed by atoms with Crippen LogP contribution in [0.1, 0.15) is 52.9 Å². The maximum Gasteiger partial charge on any atom is 0.269 e. The van der Waals surface area contributed by atoms with Crippen molar-refractivity contribution in [3.8, 4) is 0 Å². The lowest BCUT2D eigenvalue weighted by Gasteiger charge is -2.28. The second kappa shape index (κ2) is 9.87. The van der Waals surface area contributed by atoms with Gasteiger partial charge in [-0.3, -0.25) is 0 Å². The van der Waals surface area contributed by atoms with Crippen molar-refractivity contribution in [1.82, 2.24) is 4.72 Å². The van der Waals surface area contributed by atoms with E-state index >= 15 is 0 Å². The number of hydrogen-bond acceptors (Lipinski definition) is 3. The number of aliphatic hydroxyl groups excluding tert-OH is 1. The van der Waals surface area contributed by atoms with Gasteiger partial charge in [-0.2, -0.15) is 0 Å². The fraction of sp³-hybridized carbons (Fsp3) is 1.00. The number of halogens is 3. The number of unbranched alkanes of at least 4 members (excludes halogenated alkanes) is 2. The summed E-state index contributed by atoms with van der Waals surface area (Å²) in [4.78, 5) is 0. The molecule has 0 saturated carbocycles. The number of alkyl halides is 3. The van der Waals surface area contributed by atoms with Crippen LogP contribution in [0, 0.1) is 0 Å². The predicted octanol–water partition coefficient (Wildman–Crippen LogP) is 2.95. The fourth-order valence-electron chi connectivity index (χ4n) is 1.61. The molecular weight excluding hydrogens is 291 g/mol. The van der Waals surface area contributed by atoms with Gasteiger partial charge in [0.05, 0.1) is 6.04 Å². The Morgan fingerprint density at radius 2 is 1.75 bits per heavy atom. The van der Waals surface area contributed by atoms with Crippen LogP contribution in [-0.2, 0) is 11.4 Å². The second-order valence-corrected chi connectivity index (χ2v) is 7.85. The zero-order valence-electron chi connectivity index (χ0n) is 12.4. The summed E-state index contributed by atoms with van der Waals surface area (Å²) in [6.45, 7) is 5.37. The first kappa shape index (κ1) is 20.0. The highest BCUT2D eigenvalue weighted by Crippen LogP contribution is 2.20. The summed E-state index contributed by atoms with van der Waals surface area (Å²) < 4.78 is 51.9. The molecule has 122 valence electrons. The van der Waals surface area contributed by atoms with Crippen molar-refractivity contribution in [2.24, 2.45) is 0 Å². The standard InChI is InChI=1S/C13H26F3NO2S/c1-13(2,3)20(19)17-10(7-5-4-6-8-18)9-11(14)12(15)16/h10-12,17-18H,4-9H2,1-3H3/t10?,11?,20-/m0/s1. The van der Waals surface area contributed by atoms with Crippen molar-refractivity contribution in [3.63, 3.8) is 0 Å². The van der Waals surface area contributed by atoms with Gasteiger partial charge in [-0.05, 0) is 33.6 Å². The van der Waals surface area contributed by atoms with E-state index in [0.717, 1.165) is 6.42 Å². The van der Waals surface area contributed by atoms with Crippen LogP contribution in [-0.4, -0.2) is 39.7 Å². The van der Waals surface area contributed by atoms with Crippen LogP contribution in [0.15, 0.2) is 0 Å². The third-order valence-electron chi connectivity index (χ3n) is 2.82. The Kier molecular flexibility index (Phi) is 9.88. The Balaban J connectivity index is 4.38. The molecule has 0 aliphatic rings. The molecule has 2 unspecified atom stereocenters. The van der Waals surface area contributed by atoms with Gasteiger partial charge >= 0.3 is 0 Å². The zero-order chi connectivity index (χ0) is 15.8. The molecule has 20 heavy (non-hydrogen) atoms. The second-order valence-electron chi connectivity index (χ2n) is 5.85. The molecule has 0 spiro atoms. The summed E-state index contributed by atoms with van der Waals surface area (Å²) in [5.74, 6) is 0. The average Bonchev–Trinajstić information content (AvgIpc) is 2.32. The first-order valence-electron chi connectivity index (χ1n) is 6.89. The molecule has 0 aliphatic heterocycles. The molecule has 0 bridgehead atoms. The smallest absolute Gasteiger partial charge is 0.269 e. The lowest BCUT2D eigenvalue weighted by Crippen LogP contribution is -2.46. The molecule has 0 aromatic carbocycles. The van der Waals surface area contributed by atoms with Gasteiger partial charge in [-0.25, -0.2) is 13.2 Å². The minimum absolute atomic E-state index is 0.0782. The van der Waals surface area contributed by atoms with Gasteiger partial charge in [0, 0.05) is 24.4 Å². The van der Waals surface area contributed by atoms with Gasteiger partial charge in [0.15, 0.2) is 6.17 Å². The van der Waals surface area contributed by atoms with E-state index in [1.54, 1.807) is 20.8 Å². The summed E-state index contributed by atoms with van der Waals surface area (Å²) >= 11 is -1.42. The lowest BCUT2D eigenvalue weighted by molar-refractivity contribution is 0.0402. The van der Waals surface area contributed by atoms with Crippen molar-refractivity contribution >= 4 is 11.4 Å². The van der Waals surface area contributed by atoms with E-state index in [1.165, 1.54) is 0 Å². The summed E-state index contributed by atoms with van der Waals surface area (Å²) in [6.07, 6.45) is -3.06. The third kappa shape index (κ3) is 9.05. The van der Waals surface area contributed by atoms with Gasteiger partial charge in [-0.15, -0.1) is 4.72 Å². The Labute approximate surface area is 122 Å². The van der Waals surface area contributed by atoms with Crippen LogP contribution in [0.25, 0.3) is 0 Å². The minimum Gasteiger partial charge on any atom is -0.598 e. The topological polar surface area (TPSA) is 55.3 Å². The summed E-state index contributed by atoms with van der Waals surface area (Å²) in [5.41, 5.74) is 0. The summed E-state index contributed by atoms with van der Waals surface area (Å²) in [6, 6.07) is -0.544. The first-order valence-corrected chi connectivity index (χ1v) is 8.04. The molecular formula is C13H26F3NO2S. The van der Waals surface area contributed by atoms with Crippen LogP contribution in [0.4, 0.5) is 13.2 Å². The molecule has 0 saturated heterocycles. The Morgan fingerprint density at radius 1 is 1.15 bits per heavy atom. The predicted molar refractivity (Wildman–Crippen MR) is 75.9 cm³/mol. The van der Waals surface area contributed by atoms with E-state index in [2.05, 4.69) is 4.72 Å². The van der Waals surface area contributed by atoms with Crippen LogP contribution >= 0.6 is 0 Å². The SMILES string of the molecule is CC(C)(C)[S@+]([O-])NC(CCCCCO)CC(F)C(F)F. The monoisotopic (exact) mass is 317 g/mol. The number of nitrogens with one attached hydrogen (secondary N) is 1. The zero-order valence-corrected chi connectivity index (χ0v) is 13.2. The highest BCUT2D eigenvalue weighted by molar-refractivity contribution is 7.90. The molecule has 7 heteroatoms. The third-order valence-corrected chi connectivity index (χ3v) is 4.48. The minimum atomic E-state index is -3.01. The van der Waals surface area contributed by atoms with Gasteiger partial charge in [0.1, 0.15) is 4.75 Å². The maximum atomic E-state index is 13.2. The molecule has 2 N–H and O–H groups in total. The number of hydrogen-bond donors (Lipinski definition) is 2. The quantitative estimate of drug-likeness (QED) is 0.481. The van der Waals surface area contributed by atoms with Crippen LogP contribution < -0.4 is 4.72 Å². The van der Waals surface area contributed by atoms with Crippen molar-refractivity contribution < 1.29 is 22.8 Å². The van der Waals surface area contributed by atoms with Crippen LogP contribution in [0.3, 0.4) is 0 Å². The highest BCUT2D eigenvalue weighted by atomic mass is 32.2. The van der Waals surface area contributed by atoms with Gasteiger partial charge < -0.3 is 9.66 Å². The molecule has 0 fully saturated rings. The molecule has 0 amide bonds. The highest BCUT2D eigenvalue weighted by Gasteiger charge is 2.31. The maximum absolute atomic E-state index is 13.2. The van der Waals surface area contributed by atoms with E-state index in [0.29, 0.717) is 19.3 Å². The molecule has 3 atom stereocenters. The lowest BCUT2D eigenvalue weighted by atomic mass is 10.0. The van der Waals surface area contributed by atoms with E-state index in [9.17, 15) is 17.7 Å². The average molecular weight is 317 g/mol. The van der Waals surface area contributed by atoms with Gasteiger partial charge in [0.25, 0.3) is 6.43 Å². The Hall–Kier alpha value is 0.0200. The first-order chi connectivity index (χ1) is 9.18. The van der Waals surface area contributed by atoms with E-state index < -0.39 is 34.7 Å². The number of rotatable bonds is 10. The van der Waals surface area contributed by atoms with Crippen LogP contribution in [0.5, 0.6) is 0 Å².